The molecule has 2 aromatic rings. The molecule has 0 saturated carbocycles. The Kier molecular flexibility index (Phi) is 14.3. The molecule has 2 heteroatoms. The van der Waals surface area contributed by atoms with Crippen molar-refractivity contribution < 1.29 is 0 Å². The van der Waals surface area contributed by atoms with Gasteiger partial charge in [-0.15, -0.1) is 0 Å². The van der Waals surface area contributed by atoms with Gasteiger partial charge in [0.05, 0.1) is 0 Å². The molecule has 0 N–H and O–H groups in total. The van der Waals surface area contributed by atoms with Crippen molar-refractivity contribution in [2.45, 2.75) is 80.1 Å². The molecule has 0 unspecified atom stereocenters. The van der Waals surface area contributed by atoms with E-state index in [1.54, 1.807) is 10.6 Å². The van der Waals surface area contributed by atoms with Crippen LogP contribution in [0.2, 0.25) is 0 Å². The minimum atomic E-state index is -1.35. The van der Waals surface area contributed by atoms with Crippen LogP contribution in [0.3, 0.4) is 0 Å². The summed E-state index contributed by atoms with van der Waals surface area (Å²) in [7, 11) is -2.69. The summed E-state index contributed by atoms with van der Waals surface area (Å²) in [4.78, 5) is 0. The number of rotatable bonds is 17. The monoisotopic (exact) mass is 526 g/mol. The van der Waals surface area contributed by atoms with Gasteiger partial charge in [0, 0.05) is 0 Å². The van der Waals surface area contributed by atoms with Gasteiger partial charge < -0.3 is 0 Å². The summed E-state index contributed by atoms with van der Waals surface area (Å²) in [5.41, 5.74) is 2.61. The number of hydrogen-bond acceptors (Lipinski definition) is 0. The van der Waals surface area contributed by atoms with Crippen LogP contribution in [0.1, 0.15) is 91.2 Å². The molecule has 0 radical (unpaired) electrons. The van der Waals surface area contributed by atoms with Crippen LogP contribution in [0.15, 0.2) is 60.7 Å². The third-order valence-corrected chi connectivity index (χ3v) is 20.0. The average molecular weight is 527 g/mol. The Hall–Kier alpha value is -1.22. The first-order valence-corrected chi connectivity index (χ1v) is 20.3. The number of allylic oxidation sites excluding steroid dienone is 2. The normalized spacial score (nSPS) is 13.6. The zero-order valence-electron chi connectivity index (χ0n) is 24.4. The Morgan fingerprint density at radius 1 is 0.417 bits per heavy atom. The van der Waals surface area contributed by atoms with Crippen LogP contribution in [-0.4, -0.2) is 37.0 Å². The van der Waals surface area contributed by atoms with Crippen molar-refractivity contribution in [3.05, 3.63) is 71.8 Å². The van der Waals surface area contributed by atoms with Gasteiger partial charge in [-0.1, -0.05) is 0 Å². The van der Waals surface area contributed by atoms with Gasteiger partial charge in [-0.05, 0) is 0 Å². The molecule has 2 aromatic carbocycles. The molecule has 0 saturated heterocycles. The molecular formula is C34H56P2. The molecule has 0 bridgehead atoms. The summed E-state index contributed by atoms with van der Waals surface area (Å²) in [5.74, 6) is 0. The van der Waals surface area contributed by atoms with Crippen molar-refractivity contribution in [1.29, 1.82) is 0 Å². The van der Waals surface area contributed by atoms with Crippen LogP contribution in [0, 0.1) is 0 Å². The molecule has 0 amide bonds. The second kappa shape index (κ2) is 16.6. The number of benzene rings is 2. The molecule has 0 aromatic heterocycles. The van der Waals surface area contributed by atoms with Crippen LogP contribution in [0.25, 0.3) is 12.2 Å². The van der Waals surface area contributed by atoms with Gasteiger partial charge >= 0.3 is 226 Å². The maximum absolute atomic E-state index is 2.45. The van der Waals surface area contributed by atoms with Crippen LogP contribution in [-0.2, 0) is 0 Å². The minimum absolute atomic E-state index is 1.31. The van der Waals surface area contributed by atoms with E-state index in [0.29, 0.717) is 0 Å². The van der Waals surface area contributed by atoms with Gasteiger partial charge in [-0.3, -0.25) is 0 Å². The summed E-state index contributed by atoms with van der Waals surface area (Å²) >= 11 is 0. The quantitative estimate of drug-likeness (QED) is 0.142. The van der Waals surface area contributed by atoms with Gasteiger partial charge in [0.15, 0.2) is 0 Å². The second-order valence-corrected chi connectivity index (χ2v) is 20.3. The molecule has 0 aliphatic carbocycles. The van der Waals surface area contributed by atoms with Crippen molar-refractivity contribution in [3.63, 3.8) is 0 Å². The number of hydrogen-bond donors (Lipinski definition) is 0. The third-order valence-electron chi connectivity index (χ3n) is 8.11. The molecular weight excluding hydrogens is 470 g/mol. The fraction of sp³-hybridized carbons (Fsp3) is 0.529. The van der Waals surface area contributed by atoms with Gasteiger partial charge in [-0.2, -0.15) is 0 Å². The van der Waals surface area contributed by atoms with E-state index < -0.39 is 14.5 Å². The van der Waals surface area contributed by atoms with Crippen LogP contribution in [0.4, 0.5) is 0 Å². The van der Waals surface area contributed by atoms with Gasteiger partial charge in [-0.25, -0.2) is 0 Å². The van der Waals surface area contributed by atoms with Crippen molar-refractivity contribution in [2.75, 3.05) is 37.0 Å². The Morgan fingerprint density at radius 2 is 0.667 bits per heavy atom. The molecule has 0 aliphatic heterocycles. The molecule has 0 aliphatic rings. The fourth-order valence-electron chi connectivity index (χ4n) is 6.72. The van der Waals surface area contributed by atoms with Crippen LogP contribution >= 0.6 is 14.5 Å². The zero-order chi connectivity index (χ0) is 26.3. The summed E-state index contributed by atoms with van der Waals surface area (Å²) < 4.78 is 0. The second-order valence-electron chi connectivity index (χ2n) is 11.0. The molecule has 2 rings (SSSR count). The van der Waals surface area contributed by atoms with E-state index >= 15 is 0 Å². The van der Waals surface area contributed by atoms with Crippen LogP contribution < -0.4 is 10.6 Å². The Labute approximate surface area is 225 Å². The summed E-state index contributed by atoms with van der Waals surface area (Å²) in [6.45, 7) is 14.2. The Morgan fingerprint density at radius 3 is 0.889 bits per heavy atom. The van der Waals surface area contributed by atoms with E-state index in [2.05, 4.69) is 114 Å². The predicted molar refractivity (Wildman–Crippen MR) is 178 cm³/mol. The molecule has 0 atom stereocenters. The van der Waals surface area contributed by atoms with Gasteiger partial charge in [0.1, 0.15) is 0 Å². The molecule has 0 fully saturated rings. The van der Waals surface area contributed by atoms with E-state index in [1.165, 1.54) is 86.6 Å². The van der Waals surface area contributed by atoms with E-state index in [0.717, 1.165) is 0 Å². The zero-order valence-corrected chi connectivity index (χ0v) is 26.4. The summed E-state index contributed by atoms with van der Waals surface area (Å²) in [5, 5.41) is 3.35. The standard InChI is InChI=1S/C34H56P2/c1-7-25-35(26-8-2,27-9-3)33-21-17-31(18-22-33)15-13-14-16-32-19-23-34(24-20-32)36(28-10-4,29-11-5)30-12-6/h13-24,35-36H,7-12,25-30H2,1-6H3. The van der Waals surface area contributed by atoms with Crippen LogP contribution in [0.5, 0.6) is 0 Å². The van der Waals surface area contributed by atoms with Crippen molar-refractivity contribution in [3.8, 4) is 0 Å². The van der Waals surface area contributed by atoms with Gasteiger partial charge in [0.25, 0.3) is 0 Å². The van der Waals surface area contributed by atoms with Gasteiger partial charge in [0.2, 0.25) is 0 Å². The molecule has 36 heavy (non-hydrogen) atoms. The van der Waals surface area contributed by atoms with E-state index in [1.807, 2.05) is 0 Å². The first kappa shape index (κ1) is 31.0. The Bertz CT molecular complexity index is 794. The molecule has 202 valence electrons. The van der Waals surface area contributed by atoms with Crippen molar-refractivity contribution in [2.24, 2.45) is 0 Å². The SMILES string of the molecule is CCC[PH](CCC)(CCC)c1ccc(C=CC=Cc2ccc([PH](CCC)(CCC)CCC)cc2)cc1. The topological polar surface area (TPSA) is 0 Å². The van der Waals surface area contributed by atoms with Crippen molar-refractivity contribution >= 4 is 37.3 Å². The third kappa shape index (κ3) is 8.67. The predicted octanol–water partition coefficient (Wildman–Crippen LogP) is 9.62. The maximum atomic E-state index is 2.45. The Balaban J connectivity index is 2.10. The molecule has 0 nitrogen and oxygen atoms in total. The molecule has 0 spiro atoms. The van der Waals surface area contributed by atoms with Crippen molar-refractivity contribution in [1.82, 2.24) is 0 Å². The van der Waals surface area contributed by atoms with E-state index in [9.17, 15) is 0 Å². The first-order chi connectivity index (χ1) is 17.5. The van der Waals surface area contributed by atoms with E-state index in [-0.39, 0.29) is 0 Å². The summed E-state index contributed by atoms with van der Waals surface area (Å²) in [6, 6.07) is 19.2. The molecule has 0 heterocycles. The fourth-order valence-corrected chi connectivity index (χ4v) is 17.4. The van der Waals surface area contributed by atoms with E-state index in [4.69, 9.17) is 0 Å². The summed E-state index contributed by atoms with van der Waals surface area (Å²) in [6.07, 6.45) is 25.4. The first-order valence-electron chi connectivity index (χ1n) is 15.1. The average Bonchev–Trinajstić information content (AvgIpc) is 2.88.